The highest BCUT2D eigenvalue weighted by Gasteiger charge is 2.64. The fourth-order valence-electron chi connectivity index (χ4n) is 10.0. The Balaban J connectivity index is 0.000000187. The van der Waals surface area contributed by atoms with Crippen molar-refractivity contribution in [3.05, 3.63) is 212 Å². The number of para-hydroxylation sites is 3. The van der Waals surface area contributed by atoms with Crippen molar-refractivity contribution in [2.75, 3.05) is 0 Å². The van der Waals surface area contributed by atoms with Gasteiger partial charge in [-0.25, -0.2) is 0 Å². The van der Waals surface area contributed by atoms with Gasteiger partial charge < -0.3 is 28.4 Å². The fraction of sp³-hybridized carbons (Fsp3) is 0.284. The molecule has 9 rings (SSSR count). The van der Waals surface area contributed by atoms with E-state index < -0.39 is 58.7 Å². The molecule has 0 N–H and O–H groups in total. The zero-order chi connectivity index (χ0) is 63.4. The summed E-state index contributed by atoms with van der Waals surface area (Å²) >= 11 is 23.5. The molecule has 87 heavy (non-hydrogen) atoms. The van der Waals surface area contributed by atoms with Crippen LogP contribution in [-0.2, 0) is 28.6 Å². The van der Waals surface area contributed by atoms with Crippen molar-refractivity contribution in [1.82, 2.24) is 0 Å². The Kier molecular flexibility index (Phi) is 22.3. The average molecular weight is 1370 g/mol. The second-order valence-electron chi connectivity index (χ2n) is 22.2. The number of benzene rings is 6. The first kappa shape index (κ1) is 67.0. The Morgan fingerprint density at radius 2 is 0.736 bits per heavy atom. The summed E-state index contributed by atoms with van der Waals surface area (Å²) in [7, 11) is 0. The first-order valence-corrected chi connectivity index (χ1v) is 29.7. The van der Waals surface area contributed by atoms with Gasteiger partial charge in [-0.1, -0.05) is 179 Å². The van der Waals surface area contributed by atoms with E-state index in [0.717, 1.165) is 9.47 Å². The molecule has 0 amide bonds. The zero-order valence-electron chi connectivity index (χ0n) is 47.6. The summed E-state index contributed by atoms with van der Waals surface area (Å²) in [6, 6.07) is 54.2. The lowest BCUT2D eigenvalue weighted by Gasteiger charge is -2.13. The molecule has 3 fully saturated rings. The van der Waals surface area contributed by atoms with Crippen LogP contribution in [-0.4, -0.2) is 24.1 Å². The van der Waals surface area contributed by atoms with Crippen LogP contribution in [0.25, 0.3) is 0 Å². The van der Waals surface area contributed by atoms with E-state index in [4.69, 9.17) is 63.2 Å². The topological polar surface area (TPSA) is 178 Å². The number of carbonyl (C=O) groups excluding carboxylic acids is 3. The Morgan fingerprint density at radius 3 is 1.00 bits per heavy atom. The van der Waals surface area contributed by atoms with Crippen molar-refractivity contribution >= 4 is 84.6 Å². The fourth-order valence-corrected chi connectivity index (χ4v) is 11.0. The van der Waals surface area contributed by atoms with Crippen LogP contribution in [0.1, 0.15) is 76.5 Å². The summed E-state index contributed by atoms with van der Waals surface area (Å²) in [4.78, 5) is 37.9. The maximum absolute atomic E-state index is 12.7. The lowest BCUT2D eigenvalue weighted by molar-refractivity contribution is -0.150. The van der Waals surface area contributed by atoms with Gasteiger partial charge in [0.25, 0.3) is 0 Å². The maximum Gasteiger partial charge on any atom is 0.426 e. The predicted molar refractivity (Wildman–Crippen MR) is 330 cm³/mol. The van der Waals surface area contributed by atoms with Gasteiger partial charge in [0, 0.05) is 16.7 Å². The van der Waals surface area contributed by atoms with Crippen LogP contribution in [0, 0.1) is 85.7 Å². The Hall–Kier alpha value is -7.56. The summed E-state index contributed by atoms with van der Waals surface area (Å²) in [6.07, 6.45) is -3.50. The van der Waals surface area contributed by atoms with Gasteiger partial charge in [-0.05, 0) is 145 Å². The Morgan fingerprint density at radius 1 is 0.460 bits per heavy atom. The van der Waals surface area contributed by atoms with Gasteiger partial charge in [-0.3, -0.25) is 14.4 Å². The molecule has 9 atom stereocenters. The molecule has 20 heteroatoms. The van der Waals surface area contributed by atoms with Crippen LogP contribution < -0.4 is 14.2 Å². The molecule has 3 saturated carbocycles. The second-order valence-corrected chi connectivity index (χ2v) is 26.4. The summed E-state index contributed by atoms with van der Waals surface area (Å²) in [5.41, 5.74) is 0.234. The molecular formula is C67H57Br2Cl3F3N3O9. The number of nitrogens with zero attached hydrogens (tertiary/aromatic N) is 3. The van der Waals surface area contributed by atoms with Crippen LogP contribution in [0.5, 0.6) is 34.5 Å². The lowest BCUT2D eigenvalue weighted by atomic mass is 10.1. The zero-order valence-corrected chi connectivity index (χ0v) is 53.0. The van der Waals surface area contributed by atoms with E-state index in [1.807, 2.05) is 125 Å². The summed E-state index contributed by atoms with van der Waals surface area (Å²) < 4.78 is 72.8. The molecule has 6 aromatic rings. The number of ether oxygens (including phenoxy) is 6. The number of halogens is 8. The quantitative estimate of drug-likeness (QED) is 0.0588. The van der Waals surface area contributed by atoms with Gasteiger partial charge in [-0.2, -0.15) is 29.0 Å². The van der Waals surface area contributed by atoms with Gasteiger partial charge >= 0.3 is 24.1 Å². The standard InChI is InChI=1S/C23H19ClF3NO3.C22H19Br2NO3.C22H19Cl2NO3/c1-22(2)17(12-19(24)23(25,26)27)20(22)21(29)31-18(13-28)14-7-6-10-16(11-14)30-15-8-4-3-5-9-15;2*1-22(2)17(12-19(23)24)20(22)21(26)28-18(13-25)14-7-6-10-16(11-14)27-15-8-4-3-5-9-15/h3-12,17-18,20H,1-2H3;2*3-12,17-18,20H,1-2H3/b19-12-;;/t;17-,18+,20-;/m.0./s1. The number of rotatable bonds is 18. The van der Waals surface area contributed by atoms with Gasteiger partial charge in [0.2, 0.25) is 18.3 Å². The minimum Gasteiger partial charge on any atom is -0.457 e. The van der Waals surface area contributed by atoms with Crippen LogP contribution in [0.3, 0.4) is 0 Å². The molecule has 0 bridgehead atoms. The molecule has 6 unspecified atom stereocenters. The van der Waals surface area contributed by atoms with E-state index in [1.165, 1.54) is 0 Å². The van der Waals surface area contributed by atoms with Gasteiger partial charge in [0.15, 0.2) is 0 Å². The van der Waals surface area contributed by atoms with Crippen LogP contribution >= 0.6 is 66.7 Å². The minimum absolute atomic E-state index is 0.0563. The monoisotopic (exact) mass is 1370 g/mol. The molecule has 0 heterocycles. The van der Waals surface area contributed by atoms with Crippen molar-refractivity contribution in [2.45, 2.75) is 66.0 Å². The van der Waals surface area contributed by atoms with Crippen LogP contribution in [0.15, 0.2) is 195 Å². The molecule has 450 valence electrons. The normalized spacial score (nSPS) is 20.6. The molecule has 0 saturated heterocycles. The summed E-state index contributed by atoms with van der Waals surface area (Å²) in [6.45, 7) is 11.2. The number of allylic oxidation sites excluding steroid dienone is 4. The molecular weight excluding hydrogens is 1310 g/mol. The van der Waals surface area contributed by atoms with Crippen LogP contribution in [0.2, 0.25) is 0 Å². The number of alkyl halides is 3. The molecule has 0 aromatic heterocycles. The van der Waals surface area contributed by atoms with E-state index in [1.54, 1.807) is 105 Å². The molecule has 0 spiro atoms. The first-order valence-electron chi connectivity index (χ1n) is 27.0. The average Bonchev–Trinajstić information content (AvgIpc) is 1.60. The lowest BCUT2D eigenvalue weighted by Crippen LogP contribution is -2.14. The third kappa shape index (κ3) is 17.8. The smallest absolute Gasteiger partial charge is 0.426 e. The van der Waals surface area contributed by atoms with Gasteiger partial charge in [0.05, 0.1) is 21.1 Å². The predicted octanol–water partition coefficient (Wildman–Crippen LogP) is 19.2. The SMILES string of the molecule is CC1(C)C(/C=C(\Cl)C(F)(F)F)C1C(=O)OC(C#N)c1cccc(Oc2ccccc2)c1.CC1(C)C(C=C(Cl)Cl)C1C(=O)OC(C#N)c1cccc(Oc2ccccc2)c1.CC1(C)[C@H](C(=O)O[C@H](C#N)c2cccc(Oc3ccccc3)c2)[C@@H]1C=C(Br)Br. The van der Waals surface area contributed by atoms with E-state index >= 15 is 0 Å². The highest BCUT2D eigenvalue weighted by molar-refractivity contribution is 9.28. The summed E-state index contributed by atoms with van der Waals surface area (Å²) in [5, 5.41) is 27.3. The Bertz CT molecular complexity index is 3500. The molecule has 3 aliphatic rings. The molecule has 6 aromatic carbocycles. The van der Waals surface area contributed by atoms with E-state index in [-0.39, 0.29) is 45.0 Å². The third-order valence-electron chi connectivity index (χ3n) is 15.2. The van der Waals surface area contributed by atoms with Crippen molar-refractivity contribution in [3.63, 3.8) is 0 Å². The van der Waals surface area contributed by atoms with E-state index in [9.17, 15) is 43.3 Å². The minimum atomic E-state index is -4.68. The summed E-state index contributed by atoms with van der Waals surface area (Å²) in [5.74, 6) is -0.298. The largest absolute Gasteiger partial charge is 0.457 e. The van der Waals surface area contributed by atoms with Gasteiger partial charge in [0.1, 0.15) is 62.2 Å². The molecule has 0 aliphatic heterocycles. The van der Waals surface area contributed by atoms with Crippen molar-refractivity contribution in [3.8, 4) is 52.7 Å². The third-order valence-corrected chi connectivity index (χ3v) is 16.3. The number of esters is 3. The van der Waals surface area contributed by atoms with Crippen molar-refractivity contribution < 1.29 is 56.0 Å². The molecule has 3 aliphatic carbocycles. The number of hydrogen-bond donors (Lipinski definition) is 0. The number of nitriles is 3. The first-order chi connectivity index (χ1) is 41.2. The second kappa shape index (κ2) is 29.0. The van der Waals surface area contributed by atoms with E-state index in [0.29, 0.717) is 51.2 Å². The van der Waals surface area contributed by atoms with Crippen LogP contribution in [0.4, 0.5) is 13.2 Å². The highest BCUT2D eigenvalue weighted by Crippen LogP contribution is 2.62. The van der Waals surface area contributed by atoms with Crippen molar-refractivity contribution in [1.29, 1.82) is 15.8 Å². The molecule has 0 radical (unpaired) electrons. The highest BCUT2D eigenvalue weighted by atomic mass is 79.9. The molecule has 12 nitrogen and oxygen atoms in total. The maximum atomic E-state index is 12.7. The van der Waals surface area contributed by atoms with Crippen molar-refractivity contribution in [2.24, 2.45) is 51.8 Å². The van der Waals surface area contributed by atoms with Gasteiger partial charge in [-0.15, -0.1) is 0 Å². The number of carbonyl (C=O) groups is 3. The number of hydrogen-bond acceptors (Lipinski definition) is 12. The Labute approximate surface area is 534 Å². The van der Waals surface area contributed by atoms with E-state index in [2.05, 4.69) is 37.9 Å².